The van der Waals surface area contributed by atoms with Gasteiger partial charge in [-0.3, -0.25) is 9.59 Å². The summed E-state index contributed by atoms with van der Waals surface area (Å²) in [6.45, 7) is 3.68. The zero-order valence-electron chi connectivity index (χ0n) is 9.01. The van der Waals surface area contributed by atoms with Gasteiger partial charge in [0.2, 0.25) is 0 Å². The van der Waals surface area contributed by atoms with E-state index in [0.717, 1.165) is 5.56 Å². The maximum Gasteiger partial charge on any atom is 0.363 e. The molecule has 0 spiro atoms. The van der Waals surface area contributed by atoms with E-state index in [-0.39, 0.29) is 18.4 Å². The van der Waals surface area contributed by atoms with Crippen LogP contribution >= 0.6 is 0 Å². The van der Waals surface area contributed by atoms with E-state index in [2.05, 4.69) is 6.92 Å². The molecule has 2 rings (SSSR count). The summed E-state index contributed by atoms with van der Waals surface area (Å²) in [5, 5.41) is 0.528. The molecule has 1 aromatic carbocycles. The molecular formula is C12H10NO4. The van der Waals surface area contributed by atoms with Gasteiger partial charge >= 0.3 is 5.97 Å². The van der Waals surface area contributed by atoms with Crippen LogP contribution < -0.4 is 0 Å². The van der Waals surface area contributed by atoms with Gasteiger partial charge < -0.3 is 4.84 Å². The molecule has 87 valence electrons. The molecule has 1 aliphatic heterocycles. The van der Waals surface area contributed by atoms with Gasteiger partial charge in [0.15, 0.2) is 0 Å². The summed E-state index contributed by atoms with van der Waals surface area (Å²) in [4.78, 5) is 38.8. The molecule has 0 aliphatic carbocycles. The molecule has 0 bridgehead atoms. The van der Waals surface area contributed by atoms with Crippen LogP contribution in [0.3, 0.4) is 0 Å². The van der Waals surface area contributed by atoms with Crippen LogP contribution in [0.1, 0.15) is 28.8 Å². The standard InChI is InChI=1S/C12H10NO4/c1-8-2-4-9(5-3-8)12(16)17-13-10(14)6-7-11(13)15/h2-5H,1,6-7H2. The number of hydroxylamine groups is 2. The van der Waals surface area contributed by atoms with Crippen molar-refractivity contribution in [2.75, 3.05) is 0 Å². The van der Waals surface area contributed by atoms with Gasteiger partial charge in [0, 0.05) is 12.8 Å². The van der Waals surface area contributed by atoms with Crippen molar-refractivity contribution in [3.63, 3.8) is 0 Å². The maximum absolute atomic E-state index is 11.6. The minimum Gasteiger partial charge on any atom is -0.325 e. The average molecular weight is 232 g/mol. The Bertz CT molecular complexity index is 462. The van der Waals surface area contributed by atoms with E-state index in [4.69, 9.17) is 4.84 Å². The highest BCUT2D eigenvalue weighted by atomic mass is 16.7. The van der Waals surface area contributed by atoms with Crippen molar-refractivity contribution in [2.24, 2.45) is 0 Å². The first-order valence-corrected chi connectivity index (χ1v) is 5.08. The number of benzene rings is 1. The Kier molecular flexibility index (Phi) is 2.91. The lowest BCUT2D eigenvalue weighted by molar-refractivity contribution is -0.172. The highest BCUT2D eigenvalue weighted by molar-refractivity contribution is 6.02. The normalized spacial score (nSPS) is 15.2. The largest absolute Gasteiger partial charge is 0.363 e. The zero-order chi connectivity index (χ0) is 12.4. The molecule has 1 heterocycles. The lowest BCUT2D eigenvalue weighted by atomic mass is 10.2. The van der Waals surface area contributed by atoms with Crippen molar-refractivity contribution in [1.29, 1.82) is 0 Å². The number of amides is 2. The number of hydrogen-bond acceptors (Lipinski definition) is 4. The molecular weight excluding hydrogens is 222 g/mol. The number of nitrogens with zero attached hydrogens (tertiary/aromatic N) is 1. The van der Waals surface area contributed by atoms with E-state index in [1.165, 1.54) is 12.1 Å². The fourth-order valence-electron chi connectivity index (χ4n) is 1.43. The predicted octanol–water partition coefficient (Wildman–Crippen LogP) is 1.09. The number of hydrogen-bond donors (Lipinski definition) is 0. The lowest BCUT2D eigenvalue weighted by Crippen LogP contribution is -2.32. The second-order valence-electron chi connectivity index (χ2n) is 3.66. The molecule has 1 radical (unpaired) electrons. The minimum absolute atomic E-state index is 0.0872. The van der Waals surface area contributed by atoms with Crippen molar-refractivity contribution >= 4 is 17.8 Å². The first-order valence-electron chi connectivity index (χ1n) is 5.08. The molecule has 0 N–H and O–H groups in total. The highest BCUT2D eigenvalue weighted by Crippen LogP contribution is 2.14. The van der Waals surface area contributed by atoms with Gasteiger partial charge in [0.1, 0.15) is 0 Å². The van der Waals surface area contributed by atoms with Crippen molar-refractivity contribution in [3.8, 4) is 0 Å². The summed E-state index contributed by atoms with van der Waals surface area (Å²) in [5.74, 6) is -1.71. The van der Waals surface area contributed by atoms with Crippen molar-refractivity contribution in [1.82, 2.24) is 5.06 Å². The molecule has 0 saturated carbocycles. The lowest BCUT2D eigenvalue weighted by Gasteiger charge is -2.12. The van der Waals surface area contributed by atoms with Crippen molar-refractivity contribution < 1.29 is 19.2 Å². The van der Waals surface area contributed by atoms with Crippen LogP contribution in [0.2, 0.25) is 0 Å². The van der Waals surface area contributed by atoms with Crippen molar-refractivity contribution in [3.05, 3.63) is 42.3 Å². The van der Waals surface area contributed by atoms with Crippen LogP contribution in [0.15, 0.2) is 24.3 Å². The van der Waals surface area contributed by atoms with E-state index in [1.54, 1.807) is 12.1 Å². The molecule has 1 fully saturated rings. The molecule has 1 aliphatic rings. The summed E-state index contributed by atoms with van der Waals surface area (Å²) >= 11 is 0. The van der Waals surface area contributed by atoms with Crippen LogP contribution in [0.5, 0.6) is 0 Å². The average Bonchev–Trinajstić information content (AvgIpc) is 2.61. The van der Waals surface area contributed by atoms with E-state index >= 15 is 0 Å². The highest BCUT2D eigenvalue weighted by Gasteiger charge is 2.33. The quantitative estimate of drug-likeness (QED) is 0.716. The van der Waals surface area contributed by atoms with E-state index in [9.17, 15) is 14.4 Å². The van der Waals surface area contributed by atoms with Gasteiger partial charge in [-0.15, -0.1) is 5.06 Å². The molecule has 1 aromatic rings. The Hall–Kier alpha value is -2.17. The van der Waals surface area contributed by atoms with Gasteiger partial charge in [-0.25, -0.2) is 4.79 Å². The van der Waals surface area contributed by atoms with Gasteiger partial charge in [0.25, 0.3) is 11.8 Å². The summed E-state index contributed by atoms with van der Waals surface area (Å²) in [5.41, 5.74) is 1.03. The summed E-state index contributed by atoms with van der Waals surface area (Å²) in [6.07, 6.45) is 0.174. The molecule has 0 aromatic heterocycles. The number of rotatable bonds is 2. The van der Waals surface area contributed by atoms with E-state index in [0.29, 0.717) is 5.06 Å². The second kappa shape index (κ2) is 4.37. The van der Waals surface area contributed by atoms with Crippen LogP contribution in [0.25, 0.3) is 0 Å². The van der Waals surface area contributed by atoms with Crippen LogP contribution in [0, 0.1) is 6.92 Å². The first-order chi connectivity index (χ1) is 8.08. The Labute approximate surface area is 97.9 Å². The van der Waals surface area contributed by atoms with Gasteiger partial charge in [0.05, 0.1) is 5.56 Å². The minimum atomic E-state index is -0.728. The van der Waals surface area contributed by atoms with Gasteiger partial charge in [-0.05, 0) is 24.6 Å². The predicted molar refractivity (Wildman–Crippen MR) is 57.4 cm³/mol. The van der Waals surface area contributed by atoms with E-state index < -0.39 is 17.8 Å². The third-order valence-corrected chi connectivity index (χ3v) is 2.37. The molecule has 1 saturated heterocycles. The SMILES string of the molecule is [CH2]c1ccc(C(=O)ON2C(=O)CCC2=O)cc1. The Morgan fingerprint density at radius 1 is 1.12 bits per heavy atom. The molecule has 0 atom stereocenters. The number of carbonyl (C=O) groups is 3. The van der Waals surface area contributed by atoms with Gasteiger partial charge in [-0.2, -0.15) is 0 Å². The van der Waals surface area contributed by atoms with Crippen LogP contribution in [0.4, 0.5) is 0 Å². The molecule has 5 heteroatoms. The first kappa shape index (κ1) is 11.3. The third-order valence-electron chi connectivity index (χ3n) is 2.37. The Balaban J connectivity index is 2.09. The molecule has 2 amide bonds. The van der Waals surface area contributed by atoms with Gasteiger partial charge in [-0.1, -0.05) is 12.1 Å². The molecule has 5 nitrogen and oxygen atoms in total. The molecule has 17 heavy (non-hydrogen) atoms. The van der Waals surface area contributed by atoms with E-state index in [1.807, 2.05) is 0 Å². The summed E-state index contributed by atoms with van der Waals surface area (Å²) < 4.78 is 0. The second-order valence-corrected chi connectivity index (χ2v) is 3.66. The fraction of sp³-hybridized carbons (Fsp3) is 0.167. The third kappa shape index (κ3) is 2.33. The Morgan fingerprint density at radius 3 is 2.18 bits per heavy atom. The maximum atomic E-state index is 11.6. The number of carbonyl (C=O) groups excluding carboxylic acids is 3. The summed E-state index contributed by atoms with van der Waals surface area (Å²) in [7, 11) is 0. The monoisotopic (exact) mass is 232 g/mol. The number of imide groups is 1. The fourth-order valence-corrected chi connectivity index (χ4v) is 1.43. The zero-order valence-corrected chi connectivity index (χ0v) is 9.01. The van der Waals surface area contributed by atoms with Crippen LogP contribution in [-0.2, 0) is 14.4 Å². The smallest absolute Gasteiger partial charge is 0.325 e. The Morgan fingerprint density at radius 2 is 1.65 bits per heavy atom. The van der Waals surface area contributed by atoms with Crippen molar-refractivity contribution in [2.45, 2.75) is 12.8 Å². The molecule has 0 unspecified atom stereocenters. The topological polar surface area (TPSA) is 63.7 Å². The summed E-state index contributed by atoms with van der Waals surface area (Å²) in [6, 6.07) is 6.33. The van der Waals surface area contributed by atoms with Crippen LogP contribution in [-0.4, -0.2) is 22.8 Å².